The molecule has 4 rings (SSSR count). The minimum Gasteiger partial charge on any atom is -0.336 e. The average molecular weight is 428 g/mol. The minimum absolute atomic E-state index is 0.0919. The summed E-state index contributed by atoms with van der Waals surface area (Å²) >= 11 is 0. The van der Waals surface area contributed by atoms with E-state index in [1.54, 1.807) is 37.5 Å². The van der Waals surface area contributed by atoms with Gasteiger partial charge in [0.05, 0.1) is 29.8 Å². The number of hydrogen-bond donors (Lipinski definition) is 1. The van der Waals surface area contributed by atoms with Crippen molar-refractivity contribution in [1.82, 2.24) is 24.9 Å². The van der Waals surface area contributed by atoms with Gasteiger partial charge in [0.1, 0.15) is 11.6 Å². The van der Waals surface area contributed by atoms with Gasteiger partial charge in [0, 0.05) is 18.2 Å². The molecule has 0 spiro atoms. The third kappa shape index (κ3) is 4.01. The zero-order valence-electron chi connectivity index (χ0n) is 17.9. The first kappa shape index (κ1) is 21.0. The molecule has 9 heteroatoms. The van der Waals surface area contributed by atoms with Gasteiger partial charge in [-0.2, -0.15) is 20.3 Å². The third-order valence-corrected chi connectivity index (χ3v) is 5.65. The number of amides is 1. The Balaban J connectivity index is 1.77. The highest BCUT2D eigenvalue weighted by molar-refractivity contribution is 5.98. The van der Waals surface area contributed by atoms with Crippen LogP contribution in [0, 0.1) is 24.3 Å². The molecule has 160 valence electrons. The molecule has 1 aliphatic heterocycles. The number of likely N-dealkylation sites (tertiary alicyclic amines) is 1. The summed E-state index contributed by atoms with van der Waals surface area (Å²) in [6.07, 6.45) is 7.55. The number of hydrogen-bond acceptors (Lipinski definition) is 5. The lowest BCUT2D eigenvalue weighted by molar-refractivity contribution is 0.0635. The third-order valence-electron chi connectivity index (χ3n) is 5.65. The number of carbonyl (C=O) groups excluding carboxylic acids is 1. The molecule has 1 aromatic carbocycles. The fraction of sp³-hybridized carbons (Fsp3) is 0.304. The number of nitrogens with one attached hydrogen (secondary N) is 1. The molecule has 1 aliphatic rings. The van der Waals surface area contributed by atoms with Gasteiger partial charge < -0.3 is 9.88 Å². The van der Waals surface area contributed by atoms with E-state index in [0.717, 1.165) is 19.3 Å². The first-order chi connectivity index (χ1) is 15.5. The van der Waals surface area contributed by atoms with Gasteiger partial charge in [0.15, 0.2) is 5.56 Å². The van der Waals surface area contributed by atoms with E-state index < -0.39 is 0 Å². The van der Waals surface area contributed by atoms with Gasteiger partial charge in [-0.15, -0.1) is 0 Å². The lowest BCUT2D eigenvalue weighted by atomic mass is 10.0. The molecule has 0 saturated carbocycles. The van der Waals surface area contributed by atoms with Crippen LogP contribution in [0.15, 0.2) is 41.6 Å². The molecule has 1 N–H and O–H groups in total. The van der Waals surface area contributed by atoms with Crippen molar-refractivity contribution in [3.05, 3.63) is 74.2 Å². The summed E-state index contributed by atoms with van der Waals surface area (Å²) in [5.41, 5.74) is 2.04. The summed E-state index contributed by atoms with van der Waals surface area (Å²) in [7, 11) is 0. The van der Waals surface area contributed by atoms with Gasteiger partial charge in [-0.25, -0.2) is 0 Å². The van der Waals surface area contributed by atoms with Crippen molar-refractivity contribution in [1.29, 1.82) is 5.26 Å². The lowest BCUT2D eigenvalue weighted by Crippen LogP contribution is -2.42. The Morgan fingerprint density at radius 2 is 2.06 bits per heavy atom. The standard InChI is InChI=1S/C23H21N7O2/c1-15-5-3-4-10-29(15)23(32)18-11-17(6-7-21(18)30-27-8-9-28-30)13-25-20-14-26-22(31)16(2)19(20)12-24/h6-9,11,14-15H,3-5,10H2,1-2H3/p+1. The van der Waals surface area contributed by atoms with Crippen LogP contribution in [-0.2, 0) is 0 Å². The summed E-state index contributed by atoms with van der Waals surface area (Å²) in [5, 5.41) is 17.7. The van der Waals surface area contributed by atoms with Crippen molar-refractivity contribution in [2.45, 2.75) is 39.2 Å². The van der Waals surface area contributed by atoms with Gasteiger partial charge >= 0.3 is 11.8 Å². The number of carbonyl (C=O) groups is 1. The maximum Gasteiger partial charge on any atom is 0.374 e. The molecule has 1 fully saturated rings. The van der Waals surface area contributed by atoms with Crippen molar-refractivity contribution >= 4 is 11.6 Å². The van der Waals surface area contributed by atoms with Crippen molar-refractivity contribution in [3.8, 4) is 17.8 Å². The number of nitrogens with zero attached hydrogens (tertiary/aromatic N) is 6. The summed E-state index contributed by atoms with van der Waals surface area (Å²) in [4.78, 5) is 35.3. The molecule has 2 aromatic heterocycles. The van der Waals surface area contributed by atoms with E-state index in [9.17, 15) is 14.9 Å². The van der Waals surface area contributed by atoms with E-state index in [0.29, 0.717) is 34.6 Å². The van der Waals surface area contributed by atoms with Crippen LogP contribution in [0.4, 0.5) is 5.69 Å². The Morgan fingerprint density at radius 1 is 1.28 bits per heavy atom. The number of piperidine rings is 1. The SMILES string of the molecule is Cc1c(C#N)c([N+]#Cc2ccc(-n3nccn3)c(C(=O)N3CCCCC3C)c2)c[nH]c1=O. The second-order valence-corrected chi connectivity index (χ2v) is 7.73. The monoisotopic (exact) mass is 428 g/mol. The highest BCUT2D eigenvalue weighted by atomic mass is 16.2. The van der Waals surface area contributed by atoms with Crippen LogP contribution in [0.25, 0.3) is 10.5 Å². The zero-order chi connectivity index (χ0) is 22.7. The van der Waals surface area contributed by atoms with Gasteiger partial charge in [-0.1, -0.05) is 0 Å². The molecule has 0 bridgehead atoms. The van der Waals surface area contributed by atoms with Gasteiger partial charge in [-0.05, 0) is 56.2 Å². The van der Waals surface area contributed by atoms with Gasteiger partial charge in [0.25, 0.3) is 11.5 Å². The molecule has 3 aromatic rings. The Labute approximate surface area is 184 Å². The lowest BCUT2D eigenvalue weighted by Gasteiger charge is -2.33. The summed E-state index contributed by atoms with van der Waals surface area (Å²) in [5.74, 6) is -0.0919. The van der Waals surface area contributed by atoms with Crippen LogP contribution in [0.5, 0.6) is 0 Å². The zero-order valence-corrected chi connectivity index (χ0v) is 17.9. The number of aromatic nitrogens is 4. The normalized spacial score (nSPS) is 15.5. The van der Waals surface area contributed by atoms with Crippen molar-refractivity contribution in [2.75, 3.05) is 6.54 Å². The van der Waals surface area contributed by atoms with E-state index in [1.165, 1.54) is 11.0 Å². The predicted octanol–water partition coefficient (Wildman–Crippen LogP) is 3.16. The number of H-pyrrole nitrogens is 1. The van der Waals surface area contributed by atoms with Crippen molar-refractivity contribution < 1.29 is 4.79 Å². The van der Waals surface area contributed by atoms with Gasteiger partial charge in [-0.3, -0.25) is 9.59 Å². The van der Waals surface area contributed by atoms with E-state index in [-0.39, 0.29) is 23.1 Å². The van der Waals surface area contributed by atoms with Crippen LogP contribution in [-0.4, -0.2) is 43.4 Å². The second-order valence-electron chi connectivity index (χ2n) is 7.73. The number of pyridine rings is 1. The Hall–Kier alpha value is -4.24. The maximum atomic E-state index is 13.5. The molecule has 1 unspecified atom stereocenters. The van der Waals surface area contributed by atoms with Crippen LogP contribution in [0.2, 0.25) is 0 Å². The van der Waals surface area contributed by atoms with Crippen LogP contribution in [0.1, 0.15) is 53.2 Å². The fourth-order valence-corrected chi connectivity index (χ4v) is 3.82. The highest BCUT2D eigenvalue weighted by Crippen LogP contribution is 2.24. The van der Waals surface area contributed by atoms with Crippen molar-refractivity contribution in [3.63, 3.8) is 0 Å². The quantitative estimate of drug-likeness (QED) is 0.674. The smallest absolute Gasteiger partial charge is 0.336 e. The Morgan fingerprint density at radius 3 is 2.78 bits per heavy atom. The summed E-state index contributed by atoms with van der Waals surface area (Å²) in [6, 6.07) is 10.3. The number of aromatic amines is 1. The molecule has 1 atom stereocenters. The molecular weight excluding hydrogens is 406 g/mol. The molecule has 3 heterocycles. The van der Waals surface area contributed by atoms with E-state index >= 15 is 0 Å². The summed E-state index contributed by atoms with van der Waals surface area (Å²) < 4.78 is 0. The van der Waals surface area contributed by atoms with Crippen LogP contribution >= 0.6 is 0 Å². The largest absolute Gasteiger partial charge is 0.374 e. The van der Waals surface area contributed by atoms with Gasteiger partial charge in [0.2, 0.25) is 0 Å². The summed E-state index contributed by atoms with van der Waals surface area (Å²) in [6.45, 7) is 4.33. The molecule has 32 heavy (non-hydrogen) atoms. The first-order valence-corrected chi connectivity index (χ1v) is 10.4. The fourth-order valence-electron chi connectivity index (χ4n) is 3.82. The van der Waals surface area contributed by atoms with Crippen molar-refractivity contribution in [2.24, 2.45) is 0 Å². The van der Waals surface area contributed by atoms with E-state index in [1.807, 2.05) is 11.0 Å². The topological polar surface area (TPSA) is 112 Å². The maximum absolute atomic E-state index is 13.5. The predicted molar refractivity (Wildman–Crippen MR) is 118 cm³/mol. The van der Waals surface area contributed by atoms with Crippen LogP contribution < -0.4 is 5.56 Å². The first-order valence-electron chi connectivity index (χ1n) is 10.4. The second kappa shape index (κ2) is 8.86. The minimum atomic E-state index is -0.333. The highest BCUT2D eigenvalue weighted by Gasteiger charge is 2.27. The Kier molecular flexibility index (Phi) is 5.82. The molecule has 9 nitrogen and oxygen atoms in total. The number of nitriles is 1. The Bertz CT molecular complexity index is 1320. The van der Waals surface area contributed by atoms with Crippen LogP contribution in [0.3, 0.4) is 0 Å². The molecule has 1 amide bonds. The number of rotatable bonds is 2. The number of benzene rings is 1. The molecule has 1 saturated heterocycles. The molecule has 0 radical (unpaired) electrons. The molecule has 0 aliphatic carbocycles. The average Bonchev–Trinajstić information content (AvgIpc) is 3.34. The van der Waals surface area contributed by atoms with E-state index in [2.05, 4.69) is 33.0 Å². The molecular formula is C23H22N7O2+. The van der Waals surface area contributed by atoms with E-state index in [4.69, 9.17) is 0 Å².